The van der Waals surface area contributed by atoms with E-state index in [4.69, 9.17) is 0 Å². The predicted octanol–water partition coefficient (Wildman–Crippen LogP) is 6.26. The minimum absolute atomic E-state index is 0.714. The van der Waals surface area contributed by atoms with Crippen LogP contribution in [-0.4, -0.2) is 6.04 Å². The molecule has 0 amide bonds. The van der Waals surface area contributed by atoms with E-state index in [9.17, 15) is 0 Å². The maximum absolute atomic E-state index is 3.73. The van der Waals surface area contributed by atoms with Gasteiger partial charge in [-0.3, -0.25) is 0 Å². The van der Waals surface area contributed by atoms with Crippen LogP contribution in [0.3, 0.4) is 0 Å². The van der Waals surface area contributed by atoms with Crippen LogP contribution in [0.1, 0.15) is 88.5 Å². The molecule has 0 spiro atoms. The van der Waals surface area contributed by atoms with E-state index in [-0.39, 0.29) is 0 Å². The van der Waals surface area contributed by atoms with Crippen molar-refractivity contribution in [1.82, 2.24) is 0 Å². The summed E-state index contributed by atoms with van der Waals surface area (Å²) in [5, 5.41) is 3.73. The zero-order valence-corrected chi connectivity index (χ0v) is 13.4. The molecule has 2 aliphatic rings. The summed E-state index contributed by atoms with van der Waals surface area (Å²) in [6.45, 7) is 0. The summed E-state index contributed by atoms with van der Waals surface area (Å²) < 4.78 is 0. The van der Waals surface area contributed by atoms with Gasteiger partial charge in [0.15, 0.2) is 0 Å². The van der Waals surface area contributed by atoms with Gasteiger partial charge < -0.3 is 5.32 Å². The number of hydrogen-bond acceptors (Lipinski definition) is 1. The van der Waals surface area contributed by atoms with Crippen LogP contribution in [0.15, 0.2) is 24.3 Å². The molecule has 2 fully saturated rings. The fourth-order valence-corrected chi connectivity index (χ4v) is 4.12. The second-order valence-electron chi connectivity index (χ2n) is 7.14. The second kappa shape index (κ2) is 7.87. The number of anilines is 1. The summed E-state index contributed by atoms with van der Waals surface area (Å²) in [7, 11) is 0. The molecule has 1 nitrogen and oxygen atoms in total. The maximum Gasteiger partial charge on any atom is 0.0342 e. The van der Waals surface area contributed by atoms with Crippen molar-refractivity contribution >= 4 is 5.69 Å². The van der Waals surface area contributed by atoms with Crippen molar-refractivity contribution in [2.45, 2.75) is 89.0 Å². The lowest BCUT2D eigenvalue weighted by atomic mass is 9.86. The van der Waals surface area contributed by atoms with Gasteiger partial charge in [0, 0.05) is 11.7 Å². The van der Waals surface area contributed by atoms with Crippen LogP contribution in [0.5, 0.6) is 0 Å². The van der Waals surface area contributed by atoms with Crippen LogP contribution in [0.4, 0.5) is 5.69 Å². The molecule has 0 unspecified atom stereocenters. The summed E-state index contributed by atoms with van der Waals surface area (Å²) in [5.41, 5.74) is 2.91. The predicted molar refractivity (Wildman–Crippen MR) is 92.0 cm³/mol. The third kappa shape index (κ3) is 4.49. The normalized spacial score (nSPS) is 22.5. The molecule has 21 heavy (non-hydrogen) atoms. The molecule has 0 bridgehead atoms. The lowest BCUT2D eigenvalue weighted by molar-refractivity contribution is 0.455. The average Bonchev–Trinajstić information content (AvgIpc) is 2.49. The topological polar surface area (TPSA) is 12.0 Å². The number of hydrogen-bond donors (Lipinski definition) is 1. The Balaban J connectivity index is 1.57. The van der Waals surface area contributed by atoms with Crippen molar-refractivity contribution in [3.63, 3.8) is 0 Å². The molecule has 0 radical (unpaired) electrons. The van der Waals surface area contributed by atoms with Crippen molar-refractivity contribution in [2.75, 3.05) is 5.32 Å². The van der Waals surface area contributed by atoms with Gasteiger partial charge in [-0.2, -0.15) is 0 Å². The Morgan fingerprint density at radius 3 is 1.81 bits per heavy atom. The Bertz CT molecular complexity index is 394. The summed E-state index contributed by atoms with van der Waals surface area (Å²) in [5.74, 6) is 0.814. The molecule has 2 aliphatic carbocycles. The number of benzene rings is 1. The SMILES string of the molecule is c1cc(C2CCCCCCC2)ccc1NC1CCCCC1. The van der Waals surface area contributed by atoms with E-state index in [2.05, 4.69) is 29.6 Å². The van der Waals surface area contributed by atoms with Crippen LogP contribution >= 0.6 is 0 Å². The molecule has 0 atom stereocenters. The molecule has 2 saturated carbocycles. The minimum Gasteiger partial charge on any atom is -0.382 e. The van der Waals surface area contributed by atoms with E-state index in [0.717, 1.165) is 5.92 Å². The van der Waals surface area contributed by atoms with Crippen molar-refractivity contribution in [3.05, 3.63) is 29.8 Å². The molecule has 3 rings (SSSR count). The Hall–Kier alpha value is -0.980. The van der Waals surface area contributed by atoms with Crippen LogP contribution in [-0.2, 0) is 0 Å². The summed E-state index contributed by atoms with van der Waals surface area (Å²) in [6.07, 6.45) is 16.9. The fraction of sp³-hybridized carbons (Fsp3) is 0.700. The summed E-state index contributed by atoms with van der Waals surface area (Å²) in [4.78, 5) is 0. The lowest BCUT2D eigenvalue weighted by Gasteiger charge is -2.24. The van der Waals surface area contributed by atoms with Crippen LogP contribution in [0.2, 0.25) is 0 Å². The molecule has 1 aromatic carbocycles. The van der Waals surface area contributed by atoms with Gasteiger partial charge in [0.2, 0.25) is 0 Å². The zero-order chi connectivity index (χ0) is 14.3. The van der Waals surface area contributed by atoms with Gasteiger partial charge in [0.05, 0.1) is 0 Å². The highest BCUT2D eigenvalue weighted by Crippen LogP contribution is 2.31. The first kappa shape index (κ1) is 14.9. The Morgan fingerprint density at radius 1 is 0.619 bits per heavy atom. The van der Waals surface area contributed by atoms with E-state index in [0.29, 0.717) is 6.04 Å². The first-order valence-electron chi connectivity index (χ1n) is 9.28. The average molecular weight is 285 g/mol. The summed E-state index contributed by atoms with van der Waals surface area (Å²) in [6, 6.07) is 10.1. The zero-order valence-electron chi connectivity index (χ0n) is 13.4. The van der Waals surface area contributed by atoms with Gasteiger partial charge in [-0.15, -0.1) is 0 Å². The van der Waals surface area contributed by atoms with Crippen molar-refractivity contribution in [2.24, 2.45) is 0 Å². The Labute approximate surface area is 130 Å². The van der Waals surface area contributed by atoms with E-state index in [1.54, 1.807) is 5.56 Å². The van der Waals surface area contributed by atoms with Gasteiger partial charge in [-0.05, 0) is 49.3 Å². The number of rotatable bonds is 3. The molecule has 1 aromatic rings. The van der Waals surface area contributed by atoms with Gasteiger partial charge in [-0.25, -0.2) is 0 Å². The van der Waals surface area contributed by atoms with Crippen LogP contribution < -0.4 is 5.32 Å². The van der Waals surface area contributed by atoms with Gasteiger partial charge in [0.25, 0.3) is 0 Å². The fourth-order valence-electron chi connectivity index (χ4n) is 4.12. The molecule has 0 heterocycles. The standard InChI is InChI=1S/C20H31N/c1-2-5-9-17(10-6-3-1)18-13-15-20(16-14-18)21-19-11-7-4-8-12-19/h13-17,19,21H,1-12H2. The lowest BCUT2D eigenvalue weighted by Crippen LogP contribution is -2.22. The van der Waals surface area contributed by atoms with E-state index in [1.165, 1.54) is 82.7 Å². The molecule has 1 heteroatoms. The minimum atomic E-state index is 0.714. The van der Waals surface area contributed by atoms with Crippen LogP contribution in [0.25, 0.3) is 0 Å². The van der Waals surface area contributed by atoms with Gasteiger partial charge >= 0.3 is 0 Å². The van der Waals surface area contributed by atoms with Gasteiger partial charge in [0.1, 0.15) is 0 Å². The van der Waals surface area contributed by atoms with E-state index < -0.39 is 0 Å². The van der Waals surface area contributed by atoms with Crippen molar-refractivity contribution in [1.29, 1.82) is 0 Å². The largest absolute Gasteiger partial charge is 0.382 e. The quantitative estimate of drug-likeness (QED) is 0.691. The molecule has 116 valence electrons. The highest BCUT2D eigenvalue weighted by atomic mass is 14.9. The van der Waals surface area contributed by atoms with E-state index in [1.807, 2.05) is 0 Å². The Morgan fingerprint density at radius 2 is 1.14 bits per heavy atom. The highest BCUT2D eigenvalue weighted by molar-refractivity contribution is 5.46. The third-order valence-electron chi connectivity index (χ3n) is 5.46. The van der Waals surface area contributed by atoms with Crippen LogP contribution in [0, 0.1) is 0 Å². The smallest absolute Gasteiger partial charge is 0.0342 e. The molecular formula is C20H31N. The van der Waals surface area contributed by atoms with E-state index >= 15 is 0 Å². The maximum atomic E-state index is 3.73. The number of nitrogens with one attached hydrogen (secondary N) is 1. The summed E-state index contributed by atoms with van der Waals surface area (Å²) >= 11 is 0. The highest BCUT2D eigenvalue weighted by Gasteiger charge is 2.15. The first-order valence-corrected chi connectivity index (χ1v) is 9.28. The molecule has 0 aromatic heterocycles. The molecular weight excluding hydrogens is 254 g/mol. The second-order valence-corrected chi connectivity index (χ2v) is 7.14. The van der Waals surface area contributed by atoms with Crippen molar-refractivity contribution < 1.29 is 0 Å². The Kier molecular flexibility index (Phi) is 5.60. The monoisotopic (exact) mass is 285 g/mol. The third-order valence-corrected chi connectivity index (χ3v) is 5.46. The molecule has 0 saturated heterocycles. The van der Waals surface area contributed by atoms with Gasteiger partial charge in [-0.1, -0.05) is 63.5 Å². The molecule has 0 aliphatic heterocycles. The van der Waals surface area contributed by atoms with Crippen molar-refractivity contribution in [3.8, 4) is 0 Å². The molecule has 1 N–H and O–H groups in total. The first-order chi connectivity index (χ1) is 10.4.